The second kappa shape index (κ2) is 7.17. The molecular weight excluding hydrogens is 188 g/mol. The summed E-state index contributed by atoms with van der Waals surface area (Å²) in [6.07, 6.45) is 2.01. The van der Waals surface area contributed by atoms with Crippen molar-refractivity contribution in [3.63, 3.8) is 0 Å². The molecule has 0 fully saturated rings. The number of carbonyl (C=O) groups excluding carboxylic acids is 1. The first kappa shape index (κ1) is 12.7. The molecule has 1 amide bonds. The van der Waals surface area contributed by atoms with Gasteiger partial charge >= 0.3 is 0 Å². The van der Waals surface area contributed by atoms with Crippen LogP contribution in [0.3, 0.4) is 0 Å². The normalized spacial score (nSPS) is 15.1. The molecule has 0 aromatic carbocycles. The van der Waals surface area contributed by atoms with E-state index in [2.05, 4.69) is 5.32 Å². The molecule has 0 aromatic heterocycles. The molecule has 0 bridgehead atoms. The number of ether oxygens (including phenoxy) is 1. The van der Waals surface area contributed by atoms with Crippen molar-refractivity contribution in [2.45, 2.75) is 18.2 Å². The van der Waals surface area contributed by atoms with E-state index in [1.165, 1.54) is 7.11 Å². The average molecular weight is 206 g/mol. The smallest absolute Gasteiger partial charge is 0.239 e. The minimum atomic E-state index is -0.556. The van der Waals surface area contributed by atoms with Crippen LogP contribution in [0.5, 0.6) is 0 Å². The lowest BCUT2D eigenvalue weighted by molar-refractivity contribution is -0.123. The molecule has 4 nitrogen and oxygen atoms in total. The van der Waals surface area contributed by atoms with E-state index in [0.29, 0.717) is 11.8 Å². The van der Waals surface area contributed by atoms with Crippen LogP contribution in [0.1, 0.15) is 6.92 Å². The first-order valence-corrected chi connectivity index (χ1v) is 5.45. The summed E-state index contributed by atoms with van der Waals surface area (Å²) in [5, 5.41) is 3.17. The molecule has 5 heteroatoms. The Balaban J connectivity index is 3.61. The third-order valence-corrected chi connectivity index (χ3v) is 2.62. The molecule has 0 saturated heterocycles. The number of rotatable bonds is 6. The number of thioether (sulfide) groups is 1. The Kier molecular flexibility index (Phi) is 7.03. The highest BCUT2D eigenvalue weighted by molar-refractivity contribution is 7.99. The lowest BCUT2D eigenvalue weighted by Gasteiger charge is -2.13. The monoisotopic (exact) mass is 206 g/mol. The lowest BCUT2D eigenvalue weighted by atomic mass is 10.3. The Morgan fingerprint density at radius 3 is 2.77 bits per heavy atom. The predicted octanol–water partition coefficient (Wildman–Crippen LogP) is -0.172. The van der Waals surface area contributed by atoms with Gasteiger partial charge in [-0.15, -0.1) is 0 Å². The molecule has 0 aliphatic rings. The van der Waals surface area contributed by atoms with E-state index in [1.807, 2.05) is 13.2 Å². The number of nitrogens with two attached hydrogens (primary N) is 1. The summed E-state index contributed by atoms with van der Waals surface area (Å²) in [5.41, 5.74) is 5.51. The summed E-state index contributed by atoms with van der Waals surface area (Å²) in [6.45, 7) is 2.96. The van der Waals surface area contributed by atoms with Crippen molar-refractivity contribution in [2.24, 2.45) is 5.73 Å². The van der Waals surface area contributed by atoms with Gasteiger partial charge in [-0.25, -0.2) is 0 Å². The van der Waals surface area contributed by atoms with Crippen LogP contribution in [0, 0.1) is 0 Å². The van der Waals surface area contributed by atoms with E-state index in [4.69, 9.17) is 10.5 Å². The fraction of sp³-hybridized carbons (Fsp3) is 0.875. The second-order valence-electron chi connectivity index (χ2n) is 2.85. The second-order valence-corrected chi connectivity index (χ2v) is 4.13. The van der Waals surface area contributed by atoms with Gasteiger partial charge in [-0.1, -0.05) is 6.92 Å². The largest absolute Gasteiger partial charge is 0.383 e. The fourth-order valence-electron chi connectivity index (χ4n) is 0.714. The van der Waals surface area contributed by atoms with E-state index in [-0.39, 0.29) is 12.5 Å². The van der Waals surface area contributed by atoms with Crippen LogP contribution in [0.15, 0.2) is 0 Å². The molecule has 0 saturated carbocycles. The van der Waals surface area contributed by atoms with Gasteiger partial charge in [-0.2, -0.15) is 11.8 Å². The molecule has 0 aromatic rings. The van der Waals surface area contributed by atoms with Crippen LogP contribution >= 0.6 is 11.8 Å². The molecule has 0 radical (unpaired) electrons. The van der Waals surface area contributed by atoms with Crippen molar-refractivity contribution in [1.29, 1.82) is 0 Å². The van der Waals surface area contributed by atoms with E-state index < -0.39 is 6.04 Å². The maximum Gasteiger partial charge on any atom is 0.239 e. The molecular formula is C8H18N2O2S. The Hall–Kier alpha value is -0.260. The van der Waals surface area contributed by atoms with Gasteiger partial charge in [-0.05, 0) is 6.26 Å². The molecule has 78 valence electrons. The minimum absolute atomic E-state index is 0.150. The zero-order valence-corrected chi connectivity index (χ0v) is 9.19. The highest BCUT2D eigenvalue weighted by atomic mass is 32.2. The number of hydrogen-bond acceptors (Lipinski definition) is 4. The van der Waals surface area contributed by atoms with Crippen LogP contribution in [-0.4, -0.2) is 43.7 Å². The number of hydrogen-bond donors (Lipinski definition) is 2. The van der Waals surface area contributed by atoms with Crippen molar-refractivity contribution < 1.29 is 9.53 Å². The van der Waals surface area contributed by atoms with Gasteiger partial charge in [0, 0.05) is 18.9 Å². The average Bonchev–Trinajstić information content (AvgIpc) is 2.13. The standard InChI is InChI=1S/C8H18N2O2S/c1-6(13-3)4-10-8(11)7(9)5-12-2/h6-7H,4-5,9H2,1-3H3,(H,10,11). The number of methoxy groups -OCH3 is 1. The molecule has 0 aliphatic carbocycles. The number of nitrogens with one attached hydrogen (secondary N) is 1. The minimum Gasteiger partial charge on any atom is -0.383 e. The Labute approximate surface area is 83.6 Å². The first-order chi connectivity index (χ1) is 6.11. The fourth-order valence-corrected chi connectivity index (χ4v) is 0.964. The summed E-state index contributed by atoms with van der Waals surface area (Å²) in [6, 6.07) is -0.556. The Bertz CT molecular complexity index is 155. The molecule has 3 N–H and O–H groups in total. The number of amides is 1. The number of carbonyl (C=O) groups is 1. The van der Waals surface area contributed by atoms with E-state index in [1.54, 1.807) is 11.8 Å². The van der Waals surface area contributed by atoms with E-state index in [9.17, 15) is 4.79 Å². The quantitative estimate of drug-likeness (QED) is 0.633. The summed E-state index contributed by atoms with van der Waals surface area (Å²) < 4.78 is 4.77. The van der Waals surface area contributed by atoms with Gasteiger partial charge in [0.2, 0.25) is 5.91 Å². The Morgan fingerprint density at radius 2 is 2.31 bits per heavy atom. The Morgan fingerprint density at radius 1 is 1.69 bits per heavy atom. The molecule has 0 aliphatic heterocycles. The summed E-state index contributed by atoms with van der Waals surface area (Å²) in [5.74, 6) is -0.150. The zero-order chi connectivity index (χ0) is 10.3. The molecule has 2 atom stereocenters. The van der Waals surface area contributed by atoms with Crippen molar-refractivity contribution in [2.75, 3.05) is 26.5 Å². The van der Waals surface area contributed by atoms with Gasteiger partial charge in [0.15, 0.2) is 0 Å². The summed E-state index contributed by atoms with van der Waals surface area (Å²) >= 11 is 1.71. The van der Waals surface area contributed by atoms with Crippen LogP contribution in [0.25, 0.3) is 0 Å². The van der Waals surface area contributed by atoms with Crippen LogP contribution in [0.4, 0.5) is 0 Å². The molecule has 2 unspecified atom stereocenters. The predicted molar refractivity (Wildman–Crippen MR) is 55.8 cm³/mol. The molecule has 0 spiro atoms. The van der Waals surface area contributed by atoms with Crippen molar-refractivity contribution >= 4 is 17.7 Å². The van der Waals surface area contributed by atoms with Crippen molar-refractivity contribution in [3.8, 4) is 0 Å². The molecule has 0 heterocycles. The van der Waals surface area contributed by atoms with Gasteiger partial charge in [0.25, 0.3) is 0 Å². The highest BCUT2D eigenvalue weighted by Crippen LogP contribution is 2.02. The van der Waals surface area contributed by atoms with E-state index in [0.717, 1.165) is 0 Å². The third-order valence-electron chi connectivity index (χ3n) is 1.65. The van der Waals surface area contributed by atoms with Crippen molar-refractivity contribution in [3.05, 3.63) is 0 Å². The zero-order valence-electron chi connectivity index (χ0n) is 8.37. The lowest BCUT2D eigenvalue weighted by Crippen LogP contribution is -2.45. The topological polar surface area (TPSA) is 64.3 Å². The maximum absolute atomic E-state index is 11.2. The first-order valence-electron chi connectivity index (χ1n) is 4.16. The van der Waals surface area contributed by atoms with Gasteiger partial charge in [-0.3, -0.25) is 4.79 Å². The van der Waals surface area contributed by atoms with Crippen LogP contribution < -0.4 is 11.1 Å². The molecule has 0 rings (SSSR count). The van der Waals surface area contributed by atoms with Crippen molar-refractivity contribution in [1.82, 2.24) is 5.32 Å². The van der Waals surface area contributed by atoms with E-state index >= 15 is 0 Å². The summed E-state index contributed by atoms with van der Waals surface area (Å²) in [7, 11) is 1.53. The van der Waals surface area contributed by atoms with Crippen LogP contribution in [-0.2, 0) is 9.53 Å². The van der Waals surface area contributed by atoms with Gasteiger partial charge in [0.05, 0.1) is 6.61 Å². The summed E-state index contributed by atoms with van der Waals surface area (Å²) in [4.78, 5) is 11.2. The molecule has 13 heavy (non-hydrogen) atoms. The SMILES string of the molecule is COCC(N)C(=O)NCC(C)SC. The van der Waals surface area contributed by atoms with Gasteiger partial charge in [0.1, 0.15) is 6.04 Å². The maximum atomic E-state index is 11.2. The van der Waals surface area contributed by atoms with Gasteiger partial charge < -0.3 is 15.8 Å². The highest BCUT2D eigenvalue weighted by Gasteiger charge is 2.12. The third kappa shape index (κ3) is 5.90. The van der Waals surface area contributed by atoms with Crippen LogP contribution in [0.2, 0.25) is 0 Å².